The number of fused-ring (bicyclic) bond motifs is 3. The van der Waals surface area contributed by atoms with E-state index in [2.05, 4.69) is 16.3 Å². The first kappa shape index (κ1) is 25.7. The number of hydrogen-bond acceptors (Lipinski definition) is 6. The summed E-state index contributed by atoms with van der Waals surface area (Å²) >= 11 is 1.16. The summed E-state index contributed by atoms with van der Waals surface area (Å²) in [6, 6.07) is 6.23. The first-order valence-electron chi connectivity index (χ1n) is 11.8. The Kier molecular flexibility index (Phi) is 6.40. The molecule has 3 aromatic heterocycles. The first-order chi connectivity index (χ1) is 18.0. The molecule has 4 heterocycles. The summed E-state index contributed by atoms with van der Waals surface area (Å²) in [5.41, 5.74) is 7.34. The van der Waals surface area contributed by atoms with Gasteiger partial charge in [0.2, 0.25) is 10.0 Å². The predicted molar refractivity (Wildman–Crippen MR) is 145 cm³/mol. The molecule has 0 unspecified atom stereocenters. The molecule has 9 nitrogen and oxygen atoms in total. The number of carbonyl (C=O) groups is 1. The molecule has 0 saturated carbocycles. The molecule has 0 bridgehead atoms. The third-order valence-electron chi connectivity index (χ3n) is 6.45. The lowest BCUT2D eigenvalue weighted by Gasteiger charge is -2.17. The molecule has 0 fully saturated rings. The van der Waals surface area contributed by atoms with E-state index >= 15 is 4.39 Å². The topological polar surface area (TPSA) is 136 Å². The second-order valence-electron chi connectivity index (χ2n) is 9.24. The van der Waals surface area contributed by atoms with Gasteiger partial charge in [0, 0.05) is 35.9 Å². The Labute approximate surface area is 221 Å². The summed E-state index contributed by atoms with van der Waals surface area (Å²) < 4.78 is 51.1. The zero-order valence-corrected chi connectivity index (χ0v) is 22.3. The van der Waals surface area contributed by atoms with Crippen molar-refractivity contribution in [3.8, 4) is 16.9 Å². The molecule has 0 spiro atoms. The van der Waals surface area contributed by atoms with Gasteiger partial charge in [0.1, 0.15) is 11.6 Å². The number of pyridine rings is 1. The SMILES string of the molecule is C=C(NS(=O)(=O)C(C)C)c1c(-c2ccc[nH]c2=O)c2c3c(c(F)cc2n1Cc1csc(C(N)=O)c1)CCO3. The fraction of sp³-hybridized carbons (Fsp3) is 0.231. The van der Waals surface area contributed by atoms with Gasteiger partial charge in [0.05, 0.1) is 39.0 Å². The van der Waals surface area contributed by atoms with Crippen molar-refractivity contribution in [3.05, 3.63) is 80.3 Å². The van der Waals surface area contributed by atoms with Gasteiger partial charge < -0.3 is 20.0 Å². The smallest absolute Gasteiger partial charge is 0.258 e. The summed E-state index contributed by atoms with van der Waals surface area (Å²) in [6.07, 6.45) is 1.84. The number of sulfonamides is 1. The van der Waals surface area contributed by atoms with Crippen molar-refractivity contribution < 1.29 is 22.3 Å². The summed E-state index contributed by atoms with van der Waals surface area (Å²) in [5, 5.41) is 1.45. The molecule has 4 N–H and O–H groups in total. The Morgan fingerprint density at radius 2 is 2.13 bits per heavy atom. The minimum atomic E-state index is -3.82. The van der Waals surface area contributed by atoms with E-state index in [0.29, 0.717) is 44.6 Å². The Bertz CT molecular complexity index is 1780. The Morgan fingerprint density at radius 1 is 1.37 bits per heavy atom. The third-order valence-corrected chi connectivity index (χ3v) is 9.22. The van der Waals surface area contributed by atoms with Crippen LogP contribution in [0.25, 0.3) is 27.7 Å². The highest BCUT2D eigenvalue weighted by atomic mass is 32.2. The molecule has 1 aliphatic rings. The number of thiophene rings is 1. The van der Waals surface area contributed by atoms with Crippen molar-refractivity contribution in [1.82, 2.24) is 14.3 Å². The summed E-state index contributed by atoms with van der Waals surface area (Å²) in [5.74, 6) is -0.747. The Morgan fingerprint density at radius 3 is 2.79 bits per heavy atom. The van der Waals surface area contributed by atoms with E-state index in [1.165, 1.54) is 26.1 Å². The molecule has 198 valence electrons. The fourth-order valence-electron chi connectivity index (χ4n) is 4.60. The highest BCUT2D eigenvalue weighted by Gasteiger charge is 2.31. The monoisotopic (exact) mass is 556 g/mol. The van der Waals surface area contributed by atoms with Crippen molar-refractivity contribution in [2.75, 3.05) is 6.61 Å². The lowest BCUT2D eigenvalue weighted by Crippen LogP contribution is -2.30. The predicted octanol–water partition coefficient (Wildman–Crippen LogP) is 3.58. The van der Waals surface area contributed by atoms with E-state index in [1.807, 2.05) is 0 Å². The molecule has 4 aromatic rings. The van der Waals surface area contributed by atoms with Crippen molar-refractivity contribution >= 4 is 43.9 Å². The average molecular weight is 557 g/mol. The molecule has 1 aliphatic heterocycles. The van der Waals surface area contributed by atoms with Crippen LogP contribution in [-0.2, 0) is 23.0 Å². The fourth-order valence-corrected chi connectivity index (χ4v) is 6.03. The molecule has 12 heteroatoms. The van der Waals surface area contributed by atoms with Crippen LogP contribution in [0.5, 0.6) is 5.75 Å². The molecule has 0 atom stereocenters. The summed E-state index contributed by atoms with van der Waals surface area (Å²) in [7, 11) is -3.82. The van der Waals surface area contributed by atoms with Gasteiger partial charge in [0.25, 0.3) is 11.5 Å². The second kappa shape index (κ2) is 9.44. The number of aromatic nitrogens is 2. The number of amides is 1. The molecule has 0 radical (unpaired) electrons. The zero-order chi connectivity index (χ0) is 27.4. The number of carbonyl (C=O) groups excluding carboxylic acids is 1. The zero-order valence-electron chi connectivity index (χ0n) is 20.6. The number of nitrogens with one attached hydrogen (secondary N) is 2. The molecular weight excluding hydrogens is 531 g/mol. The average Bonchev–Trinajstić information content (AvgIpc) is 3.58. The maximum Gasteiger partial charge on any atom is 0.258 e. The van der Waals surface area contributed by atoms with Crippen LogP contribution < -0.4 is 20.8 Å². The number of aromatic amines is 1. The maximum atomic E-state index is 15.3. The maximum absolute atomic E-state index is 15.3. The van der Waals surface area contributed by atoms with Crippen LogP contribution >= 0.6 is 11.3 Å². The molecule has 38 heavy (non-hydrogen) atoms. The third kappa shape index (κ3) is 4.29. The molecule has 0 aliphatic carbocycles. The van der Waals surface area contributed by atoms with E-state index in [1.54, 1.807) is 28.1 Å². The molecule has 1 amide bonds. The van der Waals surface area contributed by atoms with Crippen molar-refractivity contribution in [2.24, 2.45) is 5.73 Å². The number of H-pyrrole nitrogens is 1. The van der Waals surface area contributed by atoms with Crippen molar-refractivity contribution in [3.63, 3.8) is 0 Å². The minimum Gasteiger partial charge on any atom is -0.492 e. The van der Waals surface area contributed by atoms with E-state index in [9.17, 15) is 18.0 Å². The largest absolute Gasteiger partial charge is 0.492 e. The number of benzene rings is 1. The lowest BCUT2D eigenvalue weighted by atomic mass is 9.99. The highest BCUT2D eigenvalue weighted by molar-refractivity contribution is 7.90. The quantitative estimate of drug-likeness (QED) is 0.305. The number of rotatable bonds is 8. The van der Waals surface area contributed by atoms with Gasteiger partial charge in [-0.15, -0.1) is 11.3 Å². The standard InChI is InChI=1S/C26H25FN4O5S2/c1-13(2)38(34,35)30-14(3)23-21(17-5-4-7-29-26(17)33)22-19(10-18(27)16-6-8-36-24(16)22)31(23)11-15-9-20(25(28)32)37-12-15/h4-5,7,9-10,12-13,30H,3,6,8,11H2,1-2H3,(H2,28,32)(H,29,33). The van der Waals surface area contributed by atoms with Crippen LogP contribution in [-0.4, -0.2) is 35.7 Å². The second-order valence-corrected chi connectivity index (χ2v) is 12.4. The van der Waals surface area contributed by atoms with Crippen LogP contribution in [0.15, 0.2) is 47.2 Å². The number of ether oxygens (including phenoxy) is 1. The number of nitrogens with two attached hydrogens (primary N) is 1. The normalized spacial score (nSPS) is 13.1. The van der Waals surface area contributed by atoms with E-state index in [-0.39, 0.29) is 30.1 Å². The van der Waals surface area contributed by atoms with Crippen LogP contribution in [0.3, 0.4) is 0 Å². The van der Waals surface area contributed by atoms with Crippen LogP contribution in [0.4, 0.5) is 4.39 Å². The molecule has 5 rings (SSSR count). The van der Waals surface area contributed by atoms with Crippen molar-refractivity contribution in [2.45, 2.75) is 32.1 Å². The van der Waals surface area contributed by atoms with Gasteiger partial charge in [-0.25, -0.2) is 12.8 Å². The summed E-state index contributed by atoms with van der Waals surface area (Å²) in [4.78, 5) is 27.7. The number of halogens is 1. The number of primary amides is 1. The van der Waals surface area contributed by atoms with Gasteiger partial charge in [-0.2, -0.15) is 0 Å². The number of nitrogens with zero attached hydrogens (tertiary/aromatic N) is 1. The first-order valence-corrected chi connectivity index (χ1v) is 14.2. The van der Waals surface area contributed by atoms with Crippen molar-refractivity contribution in [1.29, 1.82) is 0 Å². The van der Waals surface area contributed by atoms with E-state index in [0.717, 1.165) is 11.3 Å². The van der Waals surface area contributed by atoms with E-state index < -0.39 is 32.6 Å². The summed E-state index contributed by atoms with van der Waals surface area (Å²) in [6.45, 7) is 7.46. The Hall–Kier alpha value is -3.90. The highest BCUT2D eigenvalue weighted by Crippen LogP contribution is 2.46. The van der Waals surface area contributed by atoms with Gasteiger partial charge in [-0.3, -0.25) is 14.3 Å². The minimum absolute atomic E-state index is 0.00524. The van der Waals surface area contributed by atoms with Gasteiger partial charge in [-0.05, 0) is 49.1 Å². The van der Waals surface area contributed by atoms with Crippen LogP contribution in [0.2, 0.25) is 0 Å². The van der Waals surface area contributed by atoms with Crippen LogP contribution in [0.1, 0.15) is 40.3 Å². The van der Waals surface area contributed by atoms with Gasteiger partial charge >= 0.3 is 0 Å². The van der Waals surface area contributed by atoms with Crippen LogP contribution in [0, 0.1) is 5.82 Å². The van der Waals surface area contributed by atoms with E-state index in [4.69, 9.17) is 10.5 Å². The molecular formula is C26H25FN4O5S2. The Balaban J connectivity index is 1.87. The molecule has 0 saturated heterocycles. The van der Waals surface area contributed by atoms with Gasteiger partial charge in [-0.1, -0.05) is 6.58 Å². The molecule has 1 aromatic carbocycles. The van der Waals surface area contributed by atoms with Gasteiger partial charge in [0.15, 0.2) is 0 Å². The number of hydrogen-bond donors (Lipinski definition) is 3. The lowest BCUT2D eigenvalue weighted by molar-refractivity contribution is 0.100.